The second kappa shape index (κ2) is 7.45. The zero-order valence-electron chi connectivity index (χ0n) is 13.6. The lowest BCUT2D eigenvalue weighted by Crippen LogP contribution is -2.25. The van der Waals surface area contributed by atoms with Gasteiger partial charge in [0, 0.05) is 5.69 Å². The number of carbonyl (C=O) groups excluding carboxylic acids is 1. The predicted molar refractivity (Wildman–Crippen MR) is 93.0 cm³/mol. The molecule has 0 spiro atoms. The van der Waals surface area contributed by atoms with Gasteiger partial charge >= 0.3 is 0 Å². The number of nitrogens with zero attached hydrogens (tertiary/aromatic N) is 1. The highest BCUT2D eigenvalue weighted by Crippen LogP contribution is 2.21. The van der Waals surface area contributed by atoms with Gasteiger partial charge in [0.15, 0.2) is 0 Å². The predicted octanol–water partition coefficient (Wildman–Crippen LogP) is 2.88. The number of hydrazone groups is 1. The minimum Gasteiger partial charge on any atom is -0.507 e. The van der Waals surface area contributed by atoms with Gasteiger partial charge in [-0.2, -0.15) is 5.10 Å². The zero-order chi connectivity index (χ0) is 16.8. The van der Waals surface area contributed by atoms with E-state index in [4.69, 9.17) is 0 Å². The topological polar surface area (TPSA) is 73.7 Å². The van der Waals surface area contributed by atoms with Crippen molar-refractivity contribution in [3.63, 3.8) is 0 Å². The third-order valence-corrected chi connectivity index (χ3v) is 3.42. The lowest BCUT2D eigenvalue weighted by molar-refractivity contribution is -0.119. The molecule has 2 rings (SSSR count). The van der Waals surface area contributed by atoms with Crippen molar-refractivity contribution in [3.05, 3.63) is 58.7 Å². The lowest BCUT2D eigenvalue weighted by Gasteiger charge is -2.06. The Hall–Kier alpha value is -2.82. The Morgan fingerprint density at radius 1 is 1.13 bits per heavy atom. The summed E-state index contributed by atoms with van der Waals surface area (Å²) in [4.78, 5) is 11.7. The number of phenolic OH excluding ortho intramolecular Hbond substituents is 1. The van der Waals surface area contributed by atoms with Crippen molar-refractivity contribution in [2.45, 2.75) is 20.8 Å². The van der Waals surface area contributed by atoms with Crippen molar-refractivity contribution in [1.82, 2.24) is 5.43 Å². The molecule has 120 valence electrons. The number of rotatable bonds is 5. The number of phenols is 1. The van der Waals surface area contributed by atoms with Gasteiger partial charge in [-0.1, -0.05) is 17.7 Å². The van der Waals surface area contributed by atoms with E-state index in [1.807, 2.05) is 57.2 Å². The first-order valence-electron chi connectivity index (χ1n) is 7.38. The van der Waals surface area contributed by atoms with Gasteiger partial charge in [-0.05, 0) is 61.7 Å². The molecule has 0 aliphatic heterocycles. The minimum atomic E-state index is -0.228. The average molecular weight is 311 g/mol. The highest BCUT2D eigenvalue weighted by atomic mass is 16.3. The van der Waals surface area contributed by atoms with E-state index in [0.29, 0.717) is 0 Å². The van der Waals surface area contributed by atoms with E-state index in [1.165, 1.54) is 5.56 Å². The van der Waals surface area contributed by atoms with E-state index in [9.17, 15) is 9.90 Å². The molecule has 0 saturated carbocycles. The number of hydrogen-bond acceptors (Lipinski definition) is 4. The van der Waals surface area contributed by atoms with Crippen LogP contribution in [-0.2, 0) is 4.79 Å². The van der Waals surface area contributed by atoms with Crippen LogP contribution in [0.4, 0.5) is 5.69 Å². The summed E-state index contributed by atoms with van der Waals surface area (Å²) >= 11 is 0. The summed E-state index contributed by atoms with van der Waals surface area (Å²) in [5.74, 6) is 0.0579. The van der Waals surface area contributed by atoms with Crippen LogP contribution in [0.15, 0.2) is 41.5 Å². The molecule has 1 amide bonds. The van der Waals surface area contributed by atoms with Crippen LogP contribution in [0.3, 0.4) is 0 Å². The molecule has 0 aromatic heterocycles. The Balaban J connectivity index is 1.85. The van der Waals surface area contributed by atoms with E-state index in [2.05, 4.69) is 15.8 Å². The van der Waals surface area contributed by atoms with Crippen molar-refractivity contribution in [3.8, 4) is 5.75 Å². The summed E-state index contributed by atoms with van der Waals surface area (Å²) in [6, 6.07) is 11.4. The second-order valence-corrected chi connectivity index (χ2v) is 5.52. The largest absolute Gasteiger partial charge is 0.507 e. The van der Waals surface area contributed by atoms with Gasteiger partial charge < -0.3 is 10.4 Å². The fourth-order valence-corrected chi connectivity index (χ4v) is 2.14. The Bertz CT molecular complexity index is 699. The fraction of sp³-hybridized carbons (Fsp3) is 0.222. The first-order valence-corrected chi connectivity index (χ1v) is 7.38. The van der Waals surface area contributed by atoms with Crippen LogP contribution in [0.2, 0.25) is 0 Å². The van der Waals surface area contributed by atoms with E-state index in [-0.39, 0.29) is 18.2 Å². The third-order valence-electron chi connectivity index (χ3n) is 3.42. The Morgan fingerprint density at radius 2 is 1.74 bits per heavy atom. The smallest absolute Gasteiger partial charge is 0.259 e. The van der Waals surface area contributed by atoms with E-state index in [0.717, 1.165) is 22.4 Å². The Labute approximate surface area is 136 Å². The normalized spacial score (nSPS) is 10.7. The minimum absolute atomic E-state index is 0.147. The number of aryl methyl sites for hydroxylation is 3. The molecule has 0 heterocycles. The molecular formula is C18H21N3O2. The number of hydrogen-bond donors (Lipinski definition) is 3. The van der Waals surface area contributed by atoms with E-state index in [1.54, 1.807) is 6.21 Å². The number of benzene rings is 2. The van der Waals surface area contributed by atoms with Crippen LogP contribution in [0, 0.1) is 20.8 Å². The van der Waals surface area contributed by atoms with Gasteiger partial charge in [-0.15, -0.1) is 0 Å². The standard InChI is InChI=1S/C18H21N3O2/c1-12-4-6-16(7-5-12)19-11-17(22)21-20-10-15-8-13(2)18(23)14(3)9-15/h4-10,19,23H,11H2,1-3H3,(H,21,22)/b20-10+. The van der Waals surface area contributed by atoms with Crippen molar-refractivity contribution in [2.24, 2.45) is 5.10 Å². The Morgan fingerprint density at radius 3 is 2.35 bits per heavy atom. The maximum Gasteiger partial charge on any atom is 0.259 e. The molecule has 5 nitrogen and oxygen atoms in total. The van der Waals surface area contributed by atoms with E-state index < -0.39 is 0 Å². The number of nitrogens with one attached hydrogen (secondary N) is 2. The SMILES string of the molecule is Cc1ccc(NCC(=O)N/N=C/c2cc(C)c(O)c(C)c2)cc1. The number of amides is 1. The number of anilines is 1. The molecule has 0 aliphatic rings. The summed E-state index contributed by atoms with van der Waals surface area (Å²) in [7, 11) is 0. The maximum atomic E-state index is 11.7. The number of carbonyl (C=O) groups is 1. The van der Waals surface area contributed by atoms with E-state index >= 15 is 0 Å². The third kappa shape index (κ3) is 4.85. The lowest BCUT2D eigenvalue weighted by atomic mass is 10.1. The van der Waals surface area contributed by atoms with Crippen molar-refractivity contribution in [2.75, 3.05) is 11.9 Å². The van der Waals surface area contributed by atoms with Gasteiger partial charge in [0.05, 0.1) is 12.8 Å². The first kappa shape index (κ1) is 16.5. The van der Waals surface area contributed by atoms with Crippen LogP contribution in [0.1, 0.15) is 22.3 Å². The van der Waals surface area contributed by atoms with Gasteiger partial charge in [0.2, 0.25) is 0 Å². The first-order chi connectivity index (χ1) is 11.0. The molecule has 0 atom stereocenters. The molecule has 3 N–H and O–H groups in total. The quantitative estimate of drug-likeness (QED) is 0.587. The van der Waals surface area contributed by atoms with Crippen LogP contribution in [0.25, 0.3) is 0 Å². The second-order valence-electron chi connectivity index (χ2n) is 5.52. The van der Waals surface area contributed by atoms with Crippen LogP contribution in [0.5, 0.6) is 5.75 Å². The zero-order valence-corrected chi connectivity index (χ0v) is 13.6. The molecule has 2 aromatic carbocycles. The monoisotopic (exact) mass is 311 g/mol. The highest BCUT2D eigenvalue weighted by Gasteiger charge is 2.02. The Kier molecular flexibility index (Phi) is 5.36. The maximum absolute atomic E-state index is 11.7. The van der Waals surface area contributed by atoms with Gasteiger partial charge in [0.25, 0.3) is 5.91 Å². The summed E-state index contributed by atoms with van der Waals surface area (Å²) in [5.41, 5.74) is 6.91. The molecule has 0 bridgehead atoms. The summed E-state index contributed by atoms with van der Waals surface area (Å²) in [6.45, 7) is 5.81. The highest BCUT2D eigenvalue weighted by molar-refractivity contribution is 5.84. The summed E-state index contributed by atoms with van der Waals surface area (Å²) in [6.07, 6.45) is 1.56. The molecule has 0 radical (unpaired) electrons. The molecule has 0 saturated heterocycles. The van der Waals surface area contributed by atoms with Crippen LogP contribution < -0.4 is 10.7 Å². The van der Waals surface area contributed by atoms with Crippen LogP contribution in [-0.4, -0.2) is 23.8 Å². The molecule has 0 aliphatic carbocycles. The molecular weight excluding hydrogens is 290 g/mol. The molecule has 5 heteroatoms. The molecule has 0 unspecified atom stereocenters. The summed E-state index contributed by atoms with van der Waals surface area (Å²) < 4.78 is 0. The summed E-state index contributed by atoms with van der Waals surface area (Å²) in [5, 5.41) is 16.7. The number of aromatic hydroxyl groups is 1. The fourth-order valence-electron chi connectivity index (χ4n) is 2.14. The van der Waals surface area contributed by atoms with Gasteiger partial charge in [-0.3, -0.25) is 4.79 Å². The molecule has 23 heavy (non-hydrogen) atoms. The molecule has 2 aromatic rings. The van der Waals surface area contributed by atoms with Gasteiger partial charge in [0.1, 0.15) is 5.75 Å². The van der Waals surface area contributed by atoms with Gasteiger partial charge in [-0.25, -0.2) is 5.43 Å². The van der Waals surface area contributed by atoms with Crippen molar-refractivity contribution < 1.29 is 9.90 Å². The van der Waals surface area contributed by atoms with Crippen LogP contribution >= 0.6 is 0 Å². The van der Waals surface area contributed by atoms with Crippen molar-refractivity contribution in [1.29, 1.82) is 0 Å². The molecule has 0 fully saturated rings. The average Bonchev–Trinajstić information content (AvgIpc) is 2.52. The van der Waals surface area contributed by atoms with Crippen molar-refractivity contribution >= 4 is 17.8 Å².